The molecule has 0 aliphatic carbocycles. The Bertz CT molecular complexity index is 316. The van der Waals surface area contributed by atoms with Crippen LogP contribution in [-0.2, 0) is 0 Å². The first-order valence-electron chi connectivity index (χ1n) is 4.14. The van der Waals surface area contributed by atoms with Crippen molar-refractivity contribution in [3.05, 3.63) is 11.7 Å². The summed E-state index contributed by atoms with van der Waals surface area (Å²) in [5.74, 6) is -0.261. The van der Waals surface area contributed by atoms with Crippen LogP contribution in [0.5, 0.6) is 0 Å². The third kappa shape index (κ3) is 1.52. The van der Waals surface area contributed by atoms with Crippen LogP contribution in [0.15, 0.2) is 4.52 Å². The maximum absolute atomic E-state index is 10.6. The van der Waals surface area contributed by atoms with E-state index in [1.54, 1.807) is 0 Å². The fourth-order valence-electron chi connectivity index (χ4n) is 1.37. The third-order valence-corrected chi connectivity index (χ3v) is 2.02. The summed E-state index contributed by atoms with van der Waals surface area (Å²) in [5, 5.41) is 6.64. The standard InChI is InChI=1S/C7H10N4O2/c8-5(12)6-10-7(13-11-6)4-2-1-3-9-4/h4,9H,1-3H2,(H2,8,12)/t4-/m1/s1. The molecule has 1 aliphatic rings. The van der Waals surface area contributed by atoms with Crippen molar-refractivity contribution in [1.29, 1.82) is 0 Å². The van der Waals surface area contributed by atoms with E-state index in [9.17, 15) is 4.79 Å². The lowest BCUT2D eigenvalue weighted by atomic mass is 10.2. The number of nitrogens with zero attached hydrogens (tertiary/aromatic N) is 2. The Kier molecular flexibility index (Phi) is 1.97. The second-order valence-corrected chi connectivity index (χ2v) is 2.97. The maximum Gasteiger partial charge on any atom is 0.290 e. The monoisotopic (exact) mass is 182 g/mol. The van der Waals surface area contributed by atoms with E-state index in [2.05, 4.69) is 15.5 Å². The number of nitrogens with two attached hydrogens (primary N) is 1. The molecule has 0 aromatic carbocycles. The lowest BCUT2D eigenvalue weighted by Gasteiger charge is -2.00. The molecule has 70 valence electrons. The van der Waals surface area contributed by atoms with E-state index in [1.165, 1.54) is 0 Å². The zero-order valence-corrected chi connectivity index (χ0v) is 6.99. The molecule has 1 aromatic heterocycles. The van der Waals surface area contributed by atoms with Gasteiger partial charge in [0.15, 0.2) is 0 Å². The molecule has 3 N–H and O–H groups in total. The summed E-state index contributed by atoms with van der Waals surface area (Å²) < 4.78 is 4.89. The van der Waals surface area contributed by atoms with E-state index >= 15 is 0 Å². The molecule has 1 aromatic rings. The number of hydrogen-bond donors (Lipinski definition) is 2. The molecule has 1 atom stereocenters. The van der Waals surface area contributed by atoms with Gasteiger partial charge in [-0.2, -0.15) is 4.98 Å². The summed E-state index contributed by atoms with van der Waals surface area (Å²) in [5.41, 5.74) is 4.98. The second-order valence-electron chi connectivity index (χ2n) is 2.97. The van der Waals surface area contributed by atoms with Crippen LogP contribution >= 0.6 is 0 Å². The van der Waals surface area contributed by atoms with Gasteiger partial charge in [0.05, 0.1) is 6.04 Å². The fourth-order valence-corrected chi connectivity index (χ4v) is 1.37. The molecule has 13 heavy (non-hydrogen) atoms. The van der Waals surface area contributed by atoms with Gasteiger partial charge < -0.3 is 15.6 Å². The summed E-state index contributed by atoms with van der Waals surface area (Å²) in [6.45, 7) is 0.943. The normalized spacial score (nSPS) is 22.0. The molecule has 2 rings (SSSR count). The molecule has 6 nitrogen and oxygen atoms in total. The molecule has 0 bridgehead atoms. The highest BCUT2D eigenvalue weighted by Gasteiger charge is 2.23. The van der Waals surface area contributed by atoms with Crippen LogP contribution in [0.2, 0.25) is 0 Å². The van der Waals surface area contributed by atoms with Gasteiger partial charge in [-0.05, 0) is 19.4 Å². The Balaban J connectivity index is 2.16. The first-order chi connectivity index (χ1) is 6.27. The van der Waals surface area contributed by atoms with Gasteiger partial charge in [0.1, 0.15) is 0 Å². The van der Waals surface area contributed by atoms with E-state index in [0.29, 0.717) is 5.89 Å². The van der Waals surface area contributed by atoms with Crippen LogP contribution < -0.4 is 11.1 Å². The summed E-state index contributed by atoms with van der Waals surface area (Å²) >= 11 is 0. The summed E-state index contributed by atoms with van der Waals surface area (Å²) in [4.78, 5) is 14.5. The molecule has 1 saturated heterocycles. The zero-order valence-electron chi connectivity index (χ0n) is 6.99. The highest BCUT2D eigenvalue weighted by molar-refractivity contribution is 5.88. The Morgan fingerprint density at radius 2 is 2.54 bits per heavy atom. The zero-order chi connectivity index (χ0) is 9.26. The minimum absolute atomic E-state index is 0.0521. The molecule has 1 fully saturated rings. The minimum Gasteiger partial charge on any atom is -0.363 e. The molecule has 2 heterocycles. The first kappa shape index (κ1) is 8.18. The van der Waals surface area contributed by atoms with E-state index in [1.807, 2.05) is 0 Å². The molecule has 1 aliphatic heterocycles. The van der Waals surface area contributed by atoms with Gasteiger partial charge in [-0.25, -0.2) is 0 Å². The van der Waals surface area contributed by atoms with Crippen LogP contribution in [0.1, 0.15) is 35.4 Å². The lowest BCUT2D eigenvalue weighted by Crippen LogP contribution is -2.15. The van der Waals surface area contributed by atoms with E-state index in [0.717, 1.165) is 19.4 Å². The van der Waals surface area contributed by atoms with Crippen molar-refractivity contribution in [2.45, 2.75) is 18.9 Å². The highest BCUT2D eigenvalue weighted by Crippen LogP contribution is 2.20. The summed E-state index contributed by atoms with van der Waals surface area (Å²) in [6.07, 6.45) is 2.04. The van der Waals surface area contributed by atoms with Gasteiger partial charge in [0.2, 0.25) is 5.89 Å². The van der Waals surface area contributed by atoms with Gasteiger partial charge in [-0.3, -0.25) is 4.79 Å². The Morgan fingerprint density at radius 3 is 3.08 bits per heavy atom. The van der Waals surface area contributed by atoms with Crippen LogP contribution in [0.3, 0.4) is 0 Å². The average Bonchev–Trinajstić information content (AvgIpc) is 2.75. The Hall–Kier alpha value is -1.43. The van der Waals surface area contributed by atoms with Gasteiger partial charge in [0.25, 0.3) is 11.7 Å². The van der Waals surface area contributed by atoms with Crippen molar-refractivity contribution in [2.75, 3.05) is 6.54 Å². The van der Waals surface area contributed by atoms with Gasteiger partial charge in [-0.1, -0.05) is 5.16 Å². The van der Waals surface area contributed by atoms with Crippen LogP contribution in [0.4, 0.5) is 0 Å². The van der Waals surface area contributed by atoms with Crippen molar-refractivity contribution in [1.82, 2.24) is 15.5 Å². The summed E-state index contributed by atoms with van der Waals surface area (Å²) in [7, 11) is 0. The predicted molar refractivity (Wildman–Crippen MR) is 42.8 cm³/mol. The molecule has 0 radical (unpaired) electrons. The Morgan fingerprint density at radius 1 is 1.69 bits per heavy atom. The van der Waals surface area contributed by atoms with Crippen LogP contribution in [-0.4, -0.2) is 22.6 Å². The van der Waals surface area contributed by atoms with Gasteiger partial charge >= 0.3 is 0 Å². The number of nitrogens with one attached hydrogen (secondary N) is 1. The molecular weight excluding hydrogens is 172 g/mol. The Labute approximate surface area is 74.5 Å². The van der Waals surface area contributed by atoms with Crippen molar-refractivity contribution in [2.24, 2.45) is 5.73 Å². The average molecular weight is 182 g/mol. The smallest absolute Gasteiger partial charge is 0.290 e. The lowest BCUT2D eigenvalue weighted by molar-refractivity contribution is 0.0987. The SMILES string of the molecule is NC(=O)c1noc([C@H]2CCCN2)n1. The number of carbonyl (C=O) groups is 1. The largest absolute Gasteiger partial charge is 0.363 e. The third-order valence-electron chi connectivity index (χ3n) is 2.02. The molecular formula is C7H10N4O2. The number of carbonyl (C=O) groups excluding carboxylic acids is 1. The second kappa shape index (κ2) is 3.14. The van der Waals surface area contributed by atoms with E-state index in [-0.39, 0.29) is 11.9 Å². The van der Waals surface area contributed by atoms with Gasteiger partial charge in [-0.15, -0.1) is 0 Å². The van der Waals surface area contributed by atoms with Crippen LogP contribution in [0.25, 0.3) is 0 Å². The highest BCUT2D eigenvalue weighted by atomic mass is 16.5. The number of hydrogen-bond acceptors (Lipinski definition) is 5. The molecule has 1 amide bonds. The summed E-state index contributed by atoms with van der Waals surface area (Å²) in [6, 6.07) is 0.0839. The first-order valence-corrected chi connectivity index (χ1v) is 4.14. The number of primary amides is 1. The van der Waals surface area contributed by atoms with Crippen molar-refractivity contribution >= 4 is 5.91 Å². The number of aromatic nitrogens is 2. The number of rotatable bonds is 2. The fraction of sp³-hybridized carbons (Fsp3) is 0.571. The van der Waals surface area contributed by atoms with E-state index < -0.39 is 5.91 Å². The van der Waals surface area contributed by atoms with Crippen molar-refractivity contribution in [3.63, 3.8) is 0 Å². The van der Waals surface area contributed by atoms with Crippen molar-refractivity contribution in [3.8, 4) is 0 Å². The molecule has 6 heteroatoms. The van der Waals surface area contributed by atoms with Gasteiger partial charge in [0, 0.05) is 0 Å². The van der Waals surface area contributed by atoms with Crippen LogP contribution in [0, 0.1) is 0 Å². The topological polar surface area (TPSA) is 94.0 Å². The van der Waals surface area contributed by atoms with E-state index in [4.69, 9.17) is 10.3 Å². The van der Waals surface area contributed by atoms with Crippen molar-refractivity contribution < 1.29 is 9.32 Å². The predicted octanol–water partition coefficient (Wildman–Crippen LogP) is -0.407. The maximum atomic E-state index is 10.6. The molecule has 0 unspecified atom stereocenters. The molecule has 0 spiro atoms. The molecule has 0 saturated carbocycles. The number of amides is 1. The minimum atomic E-state index is -0.659. The quantitative estimate of drug-likeness (QED) is 0.648.